The first kappa shape index (κ1) is 7.41. The van der Waals surface area contributed by atoms with Gasteiger partial charge in [0.05, 0.1) is 0 Å². The molecule has 0 heterocycles. The molecule has 3 fully saturated rings. The summed E-state index contributed by atoms with van der Waals surface area (Å²) in [7, 11) is 0. The molecule has 0 N–H and O–H groups in total. The lowest BCUT2D eigenvalue weighted by atomic mass is 9.36. The zero-order valence-electron chi connectivity index (χ0n) is 8.51. The fourth-order valence-corrected chi connectivity index (χ4v) is 4.54. The summed E-state index contributed by atoms with van der Waals surface area (Å²) < 4.78 is 0. The molecule has 68 valence electrons. The van der Waals surface area contributed by atoms with Crippen molar-refractivity contribution in [2.24, 2.45) is 35.0 Å². The average Bonchev–Trinajstić information content (AvgIpc) is 1.92. The molecule has 0 amide bonds. The van der Waals surface area contributed by atoms with Gasteiger partial charge in [0, 0.05) is 0 Å². The highest BCUT2D eigenvalue weighted by atomic mass is 14.7. The summed E-state index contributed by atoms with van der Waals surface area (Å²) in [4.78, 5) is 0. The lowest BCUT2D eigenvalue weighted by molar-refractivity contribution is -0.198. The predicted molar refractivity (Wildman–Crippen MR) is 50.8 cm³/mol. The summed E-state index contributed by atoms with van der Waals surface area (Å²) in [6.45, 7) is 7.44. The normalized spacial score (nSPS) is 59.8. The Bertz CT molecular complexity index is 216. The molecule has 0 aromatic carbocycles. The van der Waals surface area contributed by atoms with Crippen LogP contribution in [0.5, 0.6) is 0 Å². The molecule has 3 rings (SSSR count). The van der Waals surface area contributed by atoms with Crippen LogP contribution in [0.2, 0.25) is 0 Å². The fraction of sp³-hybridized carbons (Fsp3) is 1.00. The number of hydrogen-bond acceptors (Lipinski definition) is 0. The van der Waals surface area contributed by atoms with Crippen molar-refractivity contribution < 1.29 is 0 Å². The fourth-order valence-electron chi connectivity index (χ4n) is 4.54. The Morgan fingerprint density at radius 3 is 2.58 bits per heavy atom. The van der Waals surface area contributed by atoms with Gasteiger partial charge in [-0.25, -0.2) is 0 Å². The molecule has 0 radical (unpaired) electrons. The van der Waals surface area contributed by atoms with Crippen LogP contribution in [0.25, 0.3) is 0 Å². The van der Waals surface area contributed by atoms with Gasteiger partial charge >= 0.3 is 0 Å². The van der Waals surface area contributed by atoms with Gasteiger partial charge in [-0.2, -0.15) is 0 Å². The molecule has 5 unspecified atom stereocenters. The lowest BCUT2D eigenvalue weighted by Crippen LogP contribution is -2.62. The Labute approximate surface area is 75.7 Å². The van der Waals surface area contributed by atoms with Crippen LogP contribution in [-0.4, -0.2) is 0 Å². The van der Waals surface area contributed by atoms with E-state index in [2.05, 4.69) is 20.8 Å². The molecule has 3 saturated carbocycles. The van der Waals surface area contributed by atoms with E-state index in [0.29, 0.717) is 5.41 Å². The van der Waals surface area contributed by atoms with Gasteiger partial charge in [-0.15, -0.1) is 0 Å². The summed E-state index contributed by atoms with van der Waals surface area (Å²) in [6.07, 6.45) is 4.62. The summed E-state index contributed by atoms with van der Waals surface area (Å²) in [5, 5.41) is 0. The van der Waals surface area contributed by atoms with E-state index in [4.69, 9.17) is 0 Å². The van der Waals surface area contributed by atoms with Crippen LogP contribution in [0.15, 0.2) is 0 Å². The monoisotopic (exact) mass is 164 g/mol. The van der Waals surface area contributed by atoms with Crippen LogP contribution >= 0.6 is 0 Å². The highest BCUT2D eigenvalue weighted by Crippen LogP contribution is 2.69. The van der Waals surface area contributed by atoms with E-state index in [-0.39, 0.29) is 0 Å². The van der Waals surface area contributed by atoms with Crippen molar-refractivity contribution in [3.63, 3.8) is 0 Å². The second kappa shape index (κ2) is 1.91. The molecular weight excluding hydrogens is 144 g/mol. The Hall–Kier alpha value is 0. The summed E-state index contributed by atoms with van der Waals surface area (Å²) in [5.74, 6) is 5.69. The van der Waals surface area contributed by atoms with Crippen LogP contribution in [0.3, 0.4) is 0 Å². The third-order valence-electron chi connectivity index (χ3n) is 5.06. The Morgan fingerprint density at radius 1 is 1.08 bits per heavy atom. The molecule has 0 nitrogen and oxygen atoms in total. The second-order valence-electron chi connectivity index (χ2n) is 6.33. The molecular formula is C12H20. The van der Waals surface area contributed by atoms with Crippen molar-refractivity contribution in [1.29, 1.82) is 0 Å². The van der Waals surface area contributed by atoms with E-state index in [1.165, 1.54) is 18.8 Å². The first-order valence-electron chi connectivity index (χ1n) is 5.58. The molecule has 3 aliphatic rings. The van der Waals surface area contributed by atoms with Crippen LogP contribution in [0.1, 0.15) is 40.0 Å². The minimum Gasteiger partial charge on any atom is -0.0620 e. The lowest BCUT2D eigenvalue weighted by Gasteiger charge is -2.68. The van der Waals surface area contributed by atoms with E-state index in [9.17, 15) is 0 Å². The summed E-state index contributed by atoms with van der Waals surface area (Å²) in [5.41, 5.74) is 0.672. The van der Waals surface area contributed by atoms with Gasteiger partial charge in [-0.1, -0.05) is 20.8 Å². The van der Waals surface area contributed by atoms with Gasteiger partial charge in [0.15, 0.2) is 0 Å². The standard InChI is InChI=1S/C12H20/c1-7-9-4-8-5-12(2,3)6-10(7)11(8)9/h7-11H,4-6H2,1-3H3. The van der Waals surface area contributed by atoms with Crippen molar-refractivity contribution >= 4 is 0 Å². The minimum absolute atomic E-state index is 0.672. The molecule has 0 heteroatoms. The Balaban J connectivity index is 1.83. The molecule has 5 atom stereocenters. The maximum Gasteiger partial charge on any atom is -0.0323 e. The number of rotatable bonds is 0. The predicted octanol–water partition coefficient (Wildman–Crippen LogP) is 3.32. The number of hydrogen-bond donors (Lipinski definition) is 0. The second-order valence-corrected chi connectivity index (χ2v) is 6.33. The van der Waals surface area contributed by atoms with E-state index in [0.717, 1.165) is 23.7 Å². The van der Waals surface area contributed by atoms with Crippen molar-refractivity contribution in [3.05, 3.63) is 0 Å². The van der Waals surface area contributed by atoms with Crippen molar-refractivity contribution in [3.8, 4) is 0 Å². The minimum atomic E-state index is 0.672. The molecule has 12 heavy (non-hydrogen) atoms. The largest absolute Gasteiger partial charge is 0.0620 e. The Morgan fingerprint density at radius 2 is 1.83 bits per heavy atom. The van der Waals surface area contributed by atoms with Crippen molar-refractivity contribution in [2.45, 2.75) is 40.0 Å². The van der Waals surface area contributed by atoms with Gasteiger partial charge in [-0.3, -0.25) is 0 Å². The van der Waals surface area contributed by atoms with E-state index in [1.54, 1.807) is 6.42 Å². The molecule has 0 saturated heterocycles. The molecule has 0 spiro atoms. The zero-order chi connectivity index (χ0) is 8.51. The summed E-state index contributed by atoms with van der Waals surface area (Å²) in [6, 6.07) is 0. The molecule has 0 aliphatic heterocycles. The first-order chi connectivity index (χ1) is 5.58. The van der Waals surface area contributed by atoms with Crippen LogP contribution < -0.4 is 0 Å². The Kier molecular flexibility index (Phi) is 1.18. The third-order valence-corrected chi connectivity index (χ3v) is 5.06. The van der Waals surface area contributed by atoms with Crippen molar-refractivity contribution in [2.75, 3.05) is 0 Å². The molecule has 3 aliphatic carbocycles. The molecule has 0 aromatic heterocycles. The topological polar surface area (TPSA) is 0 Å². The first-order valence-corrected chi connectivity index (χ1v) is 5.58. The van der Waals surface area contributed by atoms with Crippen molar-refractivity contribution in [1.82, 2.24) is 0 Å². The maximum absolute atomic E-state index is 2.49. The SMILES string of the molecule is CC1C2CC3CC(C)(C)CC1C32. The highest BCUT2D eigenvalue weighted by Gasteiger charge is 2.62. The molecule has 0 aromatic rings. The van der Waals surface area contributed by atoms with E-state index in [1.807, 2.05) is 0 Å². The van der Waals surface area contributed by atoms with Crippen LogP contribution in [-0.2, 0) is 0 Å². The zero-order valence-corrected chi connectivity index (χ0v) is 8.51. The van der Waals surface area contributed by atoms with Gasteiger partial charge in [-0.05, 0) is 54.3 Å². The highest BCUT2D eigenvalue weighted by molar-refractivity contribution is 5.10. The maximum atomic E-state index is 2.49. The van der Waals surface area contributed by atoms with Gasteiger partial charge < -0.3 is 0 Å². The third kappa shape index (κ3) is 0.701. The quantitative estimate of drug-likeness (QED) is 0.515. The smallest absolute Gasteiger partial charge is 0.0323 e. The summed E-state index contributed by atoms with van der Waals surface area (Å²) >= 11 is 0. The van der Waals surface area contributed by atoms with Gasteiger partial charge in [0.1, 0.15) is 0 Å². The van der Waals surface area contributed by atoms with Crippen LogP contribution in [0.4, 0.5) is 0 Å². The van der Waals surface area contributed by atoms with Crippen LogP contribution in [0, 0.1) is 35.0 Å². The van der Waals surface area contributed by atoms with E-state index < -0.39 is 0 Å². The van der Waals surface area contributed by atoms with E-state index >= 15 is 0 Å². The molecule has 0 bridgehead atoms. The van der Waals surface area contributed by atoms with Gasteiger partial charge in [0.25, 0.3) is 0 Å². The van der Waals surface area contributed by atoms with Gasteiger partial charge in [0.2, 0.25) is 0 Å². The average molecular weight is 164 g/mol.